The third-order valence-electron chi connectivity index (χ3n) is 2.54. The maximum atomic E-state index is 12.0. The summed E-state index contributed by atoms with van der Waals surface area (Å²) in [5.74, 6) is 0.584. The van der Waals surface area contributed by atoms with Crippen molar-refractivity contribution < 1.29 is 14.3 Å². The second-order valence-electron chi connectivity index (χ2n) is 5.23. The molecule has 0 fully saturated rings. The van der Waals surface area contributed by atoms with Gasteiger partial charge in [-0.3, -0.25) is 9.89 Å². The molecule has 1 atom stereocenters. The highest BCUT2D eigenvalue weighted by atomic mass is 16.6. The van der Waals surface area contributed by atoms with Gasteiger partial charge in [-0.2, -0.15) is 0 Å². The number of ether oxygens (including phenoxy) is 2. The number of amides is 1. The Labute approximate surface area is 103 Å². The van der Waals surface area contributed by atoms with Gasteiger partial charge in [-0.1, -0.05) is 0 Å². The minimum Gasteiger partial charge on any atom is -0.483 e. The summed E-state index contributed by atoms with van der Waals surface area (Å²) >= 11 is 0. The molecule has 0 saturated heterocycles. The first kappa shape index (κ1) is 13.8. The van der Waals surface area contributed by atoms with Crippen molar-refractivity contribution in [3.05, 3.63) is 0 Å². The highest BCUT2D eigenvalue weighted by molar-refractivity contribution is 5.82. The van der Waals surface area contributed by atoms with Gasteiger partial charge in [0.05, 0.1) is 7.11 Å². The largest absolute Gasteiger partial charge is 0.483 e. The lowest BCUT2D eigenvalue weighted by atomic mass is 10.2. The van der Waals surface area contributed by atoms with E-state index in [0.29, 0.717) is 19.0 Å². The molecular formula is C12H22N2O3. The van der Waals surface area contributed by atoms with Crippen LogP contribution in [0.4, 0.5) is 4.79 Å². The third-order valence-corrected chi connectivity index (χ3v) is 2.54. The van der Waals surface area contributed by atoms with Gasteiger partial charge in [0.15, 0.2) is 0 Å². The highest BCUT2D eigenvalue weighted by Gasteiger charge is 2.28. The molecule has 5 nitrogen and oxygen atoms in total. The Balaban J connectivity index is 2.72. The molecule has 5 heteroatoms. The van der Waals surface area contributed by atoms with Crippen LogP contribution in [0, 0.1) is 0 Å². The van der Waals surface area contributed by atoms with Crippen LogP contribution in [-0.2, 0) is 9.47 Å². The third kappa shape index (κ3) is 4.24. The van der Waals surface area contributed by atoms with Gasteiger partial charge in [-0.15, -0.1) is 0 Å². The Kier molecular flexibility index (Phi) is 4.37. The maximum Gasteiger partial charge on any atom is 0.410 e. The van der Waals surface area contributed by atoms with Gasteiger partial charge >= 0.3 is 6.09 Å². The molecule has 0 aromatic rings. The molecule has 1 rings (SSSR count). The summed E-state index contributed by atoms with van der Waals surface area (Å²) in [5, 5.41) is 0. The van der Waals surface area contributed by atoms with E-state index >= 15 is 0 Å². The standard InChI is InChI=1S/C12H22N2O3/c1-9-6-7-13-10(16-5)8-14(9)11(15)17-12(2,3)4/h9H,6-8H2,1-5H3. The normalized spacial score (nSPS) is 21.6. The molecule has 1 amide bonds. The number of methoxy groups -OCH3 is 1. The molecule has 1 aliphatic rings. The molecule has 0 aromatic heterocycles. The monoisotopic (exact) mass is 242 g/mol. The van der Waals surface area contributed by atoms with Gasteiger partial charge in [0.1, 0.15) is 12.1 Å². The second-order valence-corrected chi connectivity index (χ2v) is 5.23. The number of aliphatic imine (C=N–C) groups is 1. The average molecular weight is 242 g/mol. The summed E-state index contributed by atoms with van der Waals surface area (Å²) < 4.78 is 10.5. The average Bonchev–Trinajstić information content (AvgIpc) is 2.37. The van der Waals surface area contributed by atoms with Crippen molar-refractivity contribution in [1.29, 1.82) is 0 Å². The molecule has 98 valence electrons. The van der Waals surface area contributed by atoms with E-state index in [0.717, 1.165) is 6.42 Å². The van der Waals surface area contributed by atoms with E-state index in [1.807, 2.05) is 27.7 Å². The number of carbonyl (C=O) groups excluding carboxylic acids is 1. The summed E-state index contributed by atoms with van der Waals surface area (Å²) in [5.41, 5.74) is -0.479. The molecule has 0 spiro atoms. The van der Waals surface area contributed by atoms with Crippen LogP contribution in [0.15, 0.2) is 4.99 Å². The zero-order valence-corrected chi connectivity index (χ0v) is 11.3. The Morgan fingerprint density at radius 1 is 1.47 bits per heavy atom. The topological polar surface area (TPSA) is 51.1 Å². The predicted octanol–water partition coefficient (Wildman–Crippen LogP) is 2.06. The van der Waals surface area contributed by atoms with E-state index < -0.39 is 5.60 Å². The highest BCUT2D eigenvalue weighted by Crippen LogP contribution is 2.15. The quantitative estimate of drug-likeness (QED) is 0.653. The van der Waals surface area contributed by atoms with Gasteiger partial charge in [0.2, 0.25) is 5.90 Å². The molecule has 1 unspecified atom stereocenters. The van der Waals surface area contributed by atoms with Crippen molar-refractivity contribution in [2.24, 2.45) is 4.99 Å². The Morgan fingerprint density at radius 3 is 2.65 bits per heavy atom. The van der Waals surface area contributed by atoms with Crippen molar-refractivity contribution in [2.75, 3.05) is 20.2 Å². The zero-order chi connectivity index (χ0) is 13.1. The first-order valence-electron chi connectivity index (χ1n) is 5.90. The lowest BCUT2D eigenvalue weighted by Gasteiger charge is -2.30. The molecule has 17 heavy (non-hydrogen) atoms. The molecule has 0 aromatic carbocycles. The first-order chi connectivity index (χ1) is 7.83. The van der Waals surface area contributed by atoms with E-state index in [4.69, 9.17) is 9.47 Å². The lowest BCUT2D eigenvalue weighted by molar-refractivity contribution is 0.0203. The molecule has 0 N–H and O–H groups in total. The minimum absolute atomic E-state index is 0.112. The van der Waals surface area contributed by atoms with Crippen LogP contribution < -0.4 is 0 Å². The van der Waals surface area contributed by atoms with Gasteiger partial charge in [-0.05, 0) is 34.1 Å². The molecular weight excluding hydrogens is 220 g/mol. The zero-order valence-electron chi connectivity index (χ0n) is 11.3. The summed E-state index contributed by atoms with van der Waals surface area (Å²) in [6.45, 7) is 8.64. The maximum absolute atomic E-state index is 12.0. The van der Waals surface area contributed by atoms with Crippen molar-refractivity contribution in [1.82, 2.24) is 4.90 Å². The summed E-state index contributed by atoms with van der Waals surface area (Å²) in [6, 6.07) is 0.112. The van der Waals surface area contributed by atoms with Crippen LogP contribution in [-0.4, -0.2) is 48.7 Å². The van der Waals surface area contributed by atoms with Gasteiger partial charge in [0.25, 0.3) is 0 Å². The summed E-state index contributed by atoms with van der Waals surface area (Å²) in [6.07, 6.45) is 0.517. The molecule has 1 aliphatic heterocycles. The molecule has 1 heterocycles. The summed E-state index contributed by atoms with van der Waals surface area (Å²) in [4.78, 5) is 18.0. The van der Waals surface area contributed by atoms with Crippen molar-refractivity contribution >= 4 is 12.0 Å². The van der Waals surface area contributed by atoms with E-state index in [1.165, 1.54) is 0 Å². The lowest BCUT2D eigenvalue weighted by Crippen LogP contribution is -2.44. The first-order valence-corrected chi connectivity index (χ1v) is 5.90. The smallest absolute Gasteiger partial charge is 0.410 e. The predicted molar refractivity (Wildman–Crippen MR) is 66.3 cm³/mol. The van der Waals surface area contributed by atoms with E-state index in [9.17, 15) is 4.79 Å². The number of hydrogen-bond acceptors (Lipinski definition) is 4. The Hall–Kier alpha value is -1.26. The number of hydrogen-bond donors (Lipinski definition) is 0. The van der Waals surface area contributed by atoms with Crippen molar-refractivity contribution in [2.45, 2.75) is 45.8 Å². The second kappa shape index (κ2) is 5.38. The van der Waals surface area contributed by atoms with Crippen LogP contribution in [0.25, 0.3) is 0 Å². The molecule has 0 saturated carbocycles. The fourth-order valence-corrected chi connectivity index (χ4v) is 1.58. The van der Waals surface area contributed by atoms with Gasteiger partial charge in [0, 0.05) is 12.6 Å². The Morgan fingerprint density at radius 2 is 2.12 bits per heavy atom. The van der Waals surface area contributed by atoms with Crippen LogP contribution in [0.2, 0.25) is 0 Å². The van der Waals surface area contributed by atoms with E-state index in [1.54, 1.807) is 12.0 Å². The van der Waals surface area contributed by atoms with E-state index in [2.05, 4.69) is 4.99 Å². The number of rotatable bonds is 0. The fraction of sp³-hybridized carbons (Fsp3) is 0.833. The molecule has 0 bridgehead atoms. The fourth-order valence-electron chi connectivity index (χ4n) is 1.58. The minimum atomic E-state index is -0.479. The molecule has 0 radical (unpaired) electrons. The van der Waals surface area contributed by atoms with Crippen LogP contribution >= 0.6 is 0 Å². The SMILES string of the molecule is COC1=NCCC(C)N(C(=O)OC(C)(C)C)C1. The van der Waals surface area contributed by atoms with Crippen LogP contribution in [0.1, 0.15) is 34.1 Å². The van der Waals surface area contributed by atoms with Gasteiger partial charge in [-0.25, -0.2) is 4.79 Å². The van der Waals surface area contributed by atoms with Crippen LogP contribution in [0.5, 0.6) is 0 Å². The van der Waals surface area contributed by atoms with E-state index in [-0.39, 0.29) is 12.1 Å². The van der Waals surface area contributed by atoms with Crippen molar-refractivity contribution in [3.8, 4) is 0 Å². The van der Waals surface area contributed by atoms with Crippen LogP contribution in [0.3, 0.4) is 0 Å². The number of nitrogens with zero attached hydrogens (tertiary/aromatic N) is 2. The van der Waals surface area contributed by atoms with Gasteiger partial charge < -0.3 is 9.47 Å². The van der Waals surface area contributed by atoms with Crippen molar-refractivity contribution in [3.63, 3.8) is 0 Å². The Bertz CT molecular complexity index is 307. The number of carbonyl (C=O) groups is 1. The molecule has 0 aliphatic carbocycles. The summed E-state index contributed by atoms with van der Waals surface area (Å²) in [7, 11) is 1.57.